The first-order chi connectivity index (χ1) is 10.1. The number of rotatable bonds is 5. The fourth-order valence-electron chi connectivity index (χ4n) is 2.50. The van der Waals surface area contributed by atoms with Gasteiger partial charge in [-0.15, -0.1) is 11.3 Å². The highest BCUT2D eigenvalue weighted by molar-refractivity contribution is 9.10. The lowest BCUT2D eigenvalue weighted by Gasteiger charge is -2.29. The summed E-state index contributed by atoms with van der Waals surface area (Å²) in [6.07, 6.45) is 2.01. The number of amides is 1. The third-order valence-corrected chi connectivity index (χ3v) is 5.53. The van der Waals surface area contributed by atoms with Gasteiger partial charge in [0.1, 0.15) is 5.60 Å². The normalized spacial score (nSPS) is 17.2. The Hall–Kier alpha value is -1.17. The molecule has 5 heteroatoms. The summed E-state index contributed by atoms with van der Waals surface area (Å²) in [6, 6.07) is 11.4. The van der Waals surface area contributed by atoms with Gasteiger partial charge in [0.25, 0.3) is 5.91 Å². The first kappa shape index (κ1) is 14.8. The van der Waals surface area contributed by atoms with E-state index in [0.717, 1.165) is 22.9 Å². The van der Waals surface area contributed by atoms with E-state index in [-0.39, 0.29) is 18.4 Å². The predicted molar refractivity (Wildman–Crippen MR) is 87.4 cm³/mol. The van der Waals surface area contributed by atoms with Crippen molar-refractivity contribution in [2.45, 2.75) is 18.4 Å². The molecule has 3 nitrogen and oxygen atoms in total. The largest absolute Gasteiger partial charge is 0.383 e. The molecule has 1 heterocycles. The smallest absolute Gasteiger partial charge is 0.261 e. The minimum atomic E-state index is -0.967. The molecule has 1 aliphatic carbocycles. The van der Waals surface area contributed by atoms with Crippen LogP contribution in [0.2, 0.25) is 0 Å². The average molecular weight is 366 g/mol. The number of thiophene rings is 1. The lowest BCUT2D eigenvalue weighted by Crippen LogP contribution is -2.42. The Morgan fingerprint density at radius 2 is 2.10 bits per heavy atom. The molecule has 1 fully saturated rings. The fourth-order valence-corrected chi connectivity index (χ4v) is 3.85. The van der Waals surface area contributed by atoms with Gasteiger partial charge in [0.05, 0.1) is 11.4 Å². The molecule has 1 aliphatic rings. The molecule has 0 aliphatic heterocycles. The van der Waals surface area contributed by atoms with Gasteiger partial charge >= 0.3 is 0 Å². The van der Waals surface area contributed by atoms with Crippen molar-refractivity contribution < 1.29 is 9.90 Å². The van der Waals surface area contributed by atoms with Crippen molar-refractivity contribution in [2.24, 2.45) is 5.92 Å². The third kappa shape index (κ3) is 3.20. The van der Waals surface area contributed by atoms with Crippen LogP contribution in [0.1, 0.15) is 28.1 Å². The second kappa shape index (κ2) is 5.91. The fraction of sp³-hybridized carbons (Fsp3) is 0.312. The number of halogens is 1. The summed E-state index contributed by atoms with van der Waals surface area (Å²) in [5.41, 5.74) is -0.0917. The quantitative estimate of drug-likeness (QED) is 0.851. The Labute approximate surface area is 136 Å². The number of hydrogen-bond donors (Lipinski definition) is 2. The van der Waals surface area contributed by atoms with Crippen LogP contribution in [-0.4, -0.2) is 17.6 Å². The zero-order chi connectivity index (χ0) is 14.9. The standard InChI is InChI=1S/C16H16BrNO2S/c17-13-8-14(21-9-13)15(19)18-10-16(20,12-6-7-12)11-4-2-1-3-5-11/h1-5,8-9,12,20H,6-7,10H2,(H,18,19). The molecule has 110 valence electrons. The predicted octanol–water partition coefficient (Wildman–Crippen LogP) is 3.54. The Kier molecular flexibility index (Phi) is 4.15. The van der Waals surface area contributed by atoms with Crippen LogP contribution in [0.4, 0.5) is 0 Å². The van der Waals surface area contributed by atoms with E-state index in [4.69, 9.17) is 0 Å². The first-order valence-electron chi connectivity index (χ1n) is 6.90. The van der Waals surface area contributed by atoms with Gasteiger partial charge in [-0.2, -0.15) is 0 Å². The second-order valence-corrected chi connectivity index (χ2v) is 7.20. The molecule has 1 unspecified atom stereocenters. The Morgan fingerprint density at radius 1 is 1.38 bits per heavy atom. The number of hydrogen-bond acceptors (Lipinski definition) is 3. The van der Waals surface area contributed by atoms with Gasteiger partial charge in [0.2, 0.25) is 0 Å². The SMILES string of the molecule is O=C(NCC(O)(c1ccccc1)C1CC1)c1cc(Br)cs1. The van der Waals surface area contributed by atoms with Crippen molar-refractivity contribution in [3.63, 3.8) is 0 Å². The minimum Gasteiger partial charge on any atom is -0.383 e. The molecule has 1 saturated carbocycles. The van der Waals surface area contributed by atoms with Gasteiger partial charge in [-0.1, -0.05) is 30.3 Å². The van der Waals surface area contributed by atoms with Crippen molar-refractivity contribution in [3.8, 4) is 0 Å². The molecule has 0 bridgehead atoms. The number of benzene rings is 1. The van der Waals surface area contributed by atoms with Crippen LogP contribution in [0.25, 0.3) is 0 Å². The summed E-state index contributed by atoms with van der Waals surface area (Å²) < 4.78 is 0.901. The molecule has 0 spiro atoms. The molecule has 21 heavy (non-hydrogen) atoms. The minimum absolute atomic E-state index is 0.138. The van der Waals surface area contributed by atoms with Crippen molar-refractivity contribution >= 4 is 33.2 Å². The molecule has 0 radical (unpaired) electrons. The summed E-state index contributed by atoms with van der Waals surface area (Å²) in [5.74, 6) is 0.0935. The summed E-state index contributed by atoms with van der Waals surface area (Å²) in [4.78, 5) is 12.8. The van der Waals surface area contributed by atoms with Gasteiger partial charge in [-0.25, -0.2) is 0 Å². The Bertz CT molecular complexity index is 639. The van der Waals surface area contributed by atoms with Crippen LogP contribution >= 0.6 is 27.3 Å². The van der Waals surface area contributed by atoms with Crippen LogP contribution in [0.5, 0.6) is 0 Å². The Morgan fingerprint density at radius 3 is 2.67 bits per heavy atom. The summed E-state index contributed by atoms with van der Waals surface area (Å²) in [5, 5.41) is 15.8. The van der Waals surface area contributed by atoms with Gasteiger partial charge in [-0.3, -0.25) is 4.79 Å². The molecular weight excluding hydrogens is 350 g/mol. The van der Waals surface area contributed by atoms with E-state index in [2.05, 4.69) is 21.2 Å². The molecule has 2 aromatic rings. The van der Waals surface area contributed by atoms with Gasteiger partial charge in [0, 0.05) is 9.85 Å². The lowest BCUT2D eigenvalue weighted by atomic mass is 9.88. The van der Waals surface area contributed by atoms with Crippen LogP contribution < -0.4 is 5.32 Å². The third-order valence-electron chi connectivity index (χ3n) is 3.84. The second-order valence-electron chi connectivity index (χ2n) is 5.38. The lowest BCUT2D eigenvalue weighted by molar-refractivity contribution is 0.0135. The number of aliphatic hydroxyl groups is 1. The Balaban J connectivity index is 1.73. The van der Waals surface area contributed by atoms with E-state index in [1.165, 1.54) is 11.3 Å². The first-order valence-corrected chi connectivity index (χ1v) is 8.57. The van der Waals surface area contributed by atoms with Crippen molar-refractivity contribution in [1.82, 2.24) is 5.32 Å². The van der Waals surface area contributed by atoms with E-state index in [1.54, 1.807) is 6.07 Å². The van der Waals surface area contributed by atoms with Gasteiger partial charge < -0.3 is 10.4 Å². The van der Waals surface area contributed by atoms with Crippen molar-refractivity contribution in [2.75, 3.05) is 6.54 Å². The number of carbonyl (C=O) groups excluding carboxylic acids is 1. The van der Waals surface area contributed by atoms with Crippen molar-refractivity contribution in [1.29, 1.82) is 0 Å². The highest BCUT2D eigenvalue weighted by Crippen LogP contribution is 2.45. The molecule has 3 rings (SSSR count). The maximum absolute atomic E-state index is 12.1. The number of nitrogens with one attached hydrogen (secondary N) is 1. The van der Waals surface area contributed by atoms with E-state index < -0.39 is 5.60 Å². The summed E-state index contributed by atoms with van der Waals surface area (Å²) in [7, 11) is 0. The van der Waals surface area contributed by atoms with E-state index >= 15 is 0 Å². The molecule has 1 aromatic heterocycles. The maximum Gasteiger partial charge on any atom is 0.261 e. The van der Waals surface area contributed by atoms with Gasteiger partial charge in [-0.05, 0) is 46.3 Å². The maximum atomic E-state index is 12.1. The molecule has 1 amide bonds. The highest BCUT2D eigenvalue weighted by atomic mass is 79.9. The molecule has 1 atom stereocenters. The number of carbonyl (C=O) groups is 1. The van der Waals surface area contributed by atoms with E-state index in [1.807, 2.05) is 35.7 Å². The molecule has 2 N–H and O–H groups in total. The van der Waals surface area contributed by atoms with Crippen LogP contribution in [-0.2, 0) is 5.60 Å². The topological polar surface area (TPSA) is 49.3 Å². The average Bonchev–Trinajstić information content (AvgIpc) is 3.28. The summed E-state index contributed by atoms with van der Waals surface area (Å²) in [6.45, 7) is 0.246. The summed E-state index contributed by atoms with van der Waals surface area (Å²) >= 11 is 4.73. The van der Waals surface area contributed by atoms with Crippen LogP contribution in [0.15, 0.2) is 46.3 Å². The van der Waals surface area contributed by atoms with Gasteiger partial charge in [0.15, 0.2) is 0 Å². The zero-order valence-electron chi connectivity index (χ0n) is 11.4. The zero-order valence-corrected chi connectivity index (χ0v) is 13.8. The molecule has 0 saturated heterocycles. The molecular formula is C16H16BrNO2S. The highest BCUT2D eigenvalue weighted by Gasteiger charge is 2.45. The molecule has 1 aromatic carbocycles. The van der Waals surface area contributed by atoms with Crippen LogP contribution in [0.3, 0.4) is 0 Å². The van der Waals surface area contributed by atoms with Crippen molar-refractivity contribution in [3.05, 3.63) is 56.7 Å². The van der Waals surface area contributed by atoms with E-state index in [0.29, 0.717) is 4.88 Å². The monoisotopic (exact) mass is 365 g/mol. The van der Waals surface area contributed by atoms with Crippen LogP contribution in [0, 0.1) is 5.92 Å². The van der Waals surface area contributed by atoms with E-state index in [9.17, 15) is 9.90 Å².